The molecule has 188 valence electrons. The average molecular weight is 525 g/mol. The molecule has 2 heterocycles. The molecule has 0 saturated carbocycles. The summed E-state index contributed by atoms with van der Waals surface area (Å²) in [4.78, 5) is 12.7. The maximum atomic E-state index is 13.5. The van der Waals surface area contributed by atoms with E-state index in [4.69, 9.17) is 4.74 Å². The molecule has 1 aromatic carbocycles. The minimum absolute atomic E-state index is 0.0174. The molecule has 0 radical (unpaired) electrons. The van der Waals surface area contributed by atoms with Gasteiger partial charge in [-0.3, -0.25) is 4.79 Å². The molecule has 3 rings (SSSR count). The Balaban J connectivity index is 1.90. The van der Waals surface area contributed by atoms with E-state index >= 15 is 0 Å². The zero-order valence-electron chi connectivity index (χ0n) is 18.6. The molecule has 0 amide bonds. The van der Waals surface area contributed by atoms with Crippen LogP contribution in [0.25, 0.3) is 10.4 Å². The number of carbonyl (C=O) groups is 1. The minimum Gasteiger partial charge on any atom is -0.480 e. The van der Waals surface area contributed by atoms with Crippen molar-refractivity contribution in [2.45, 2.75) is 61.2 Å². The Labute approximate surface area is 198 Å². The molecule has 0 bridgehead atoms. The molecule has 6 nitrogen and oxygen atoms in total. The largest absolute Gasteiger partial charge is 0.480 e. The molecule has 1 fully saturated rings. The smallest absolute Gasteiger partial charge is 0.461 e. The summed E-state index contributed by atoms with van der Waals surface area (Å²) in [7, 11) is -4.31. The number of sulfone groups is 1. The fraction of sp³-hybridized carbons (Fsp3) is 0.500. The normalized spacial score (nSPS) is 22.1. The first kappa shape index (κ1) is 26.4. The monoisotopic (exact) mass is 524 g/mol. The lowest BCUT2D eigenvalue weighted by atomic mass is 9.80. The number of benzene rings is 1. The van der Waals surface area contributed by atoms with Gasteiger partial charge in [-0.05, 0) is 47.4 Å². The number of rotatable bonds is 7. The Morgan fingerprint density at radius 2 is 1.79 bits per heavy atom. The van der Waals surface area contributed by atoms with E-state index in [9.17, 15) is 35.9 Å². The molecule has 1 aromatic heterocycles. The highest BCUT2D eigenvalue weighted by molar-refractivity contribution is 7.95. The van der Waals surface area contributed by atoms with E-state index < -0.39 is 50.4 Å². The molecule has 0 aliphatic carbocycles. The number of thiophene rings is 1. The standard InChI is InChI=1S/C22H24F4O6S2/c1-20(2,3)16-12-21(19(27)28,10-11-31-16)34(29,30)17-9-8-15(33-17)13-4-6-14(7-5-13)32-22(25,26)18(23)24/h4-9,16,18H,10-12H2,1-3H3,(H,27,28). The summed E-state index contributed by atoms with van der Waals surface area (Å²) < 4.78 is 85.3. The van der Waals surface area contributed by atoms with E-state index in [-0.39, 0.29) is 23.7 Å². The molecule has 2 aromatic rings. The molecule has 1 N–H and O–H groups in total. The van der Waals surface area contributed by atoms with Gasteiger partial charge in [0.05, 0.1) is 6.10 Å². The van der Waals surface area contributed by atoms with Gasteiger partial charge in [0.25, 0.3) is 0 Å². The molecule has 0 spiro atoms. The highest BCUT2D eigenvalue weighted by Crippen LogP contribution is 2.44. The van der Waals surface area contributed by atoms with Gasteiger partial charge < -0.3 is 14.6 Å². The number of alkyl halides is 4. The molecule has 1 saturated heterocycles. The van der Waals surface area contributed by atoms with Crippen molar-refractivity contribution in [3.63, 3.8) is 0 Å². The highest BCUT2D eigenvalue weighted by atomic mass is 32.2. The van der Waals surface area contributed by atoms with E-state index in [1.54, 1.807) is 0 Å². The van der Waals surface area contributed by atoms with Crippen LogP contribution in [0.3, 0.4) is 0 Å². The van der Waals surface area contributed by atoms with Gasteiger partial charge in [-0.1, -0.05) is 20.8 Å². The summed E-state index contributed by atoms with van der Waals surface area (Å²) in [5.74, 6) is -1.93. The van der Waals surface area contributed by atoms with Crippen LogP contribution in [0.2, 0.25) is 0 Å². The van der Waals surface area contributed by atoms with Gasteiger partial charge in [-0.15, -0.1) is 11.3 Å². The quantitative estimate of drug-likeness (QED) is 0.483. The minimum atomic E-state index is -4.65. The van der Waals surface area contributed by atoms with E-state index in [0.717, 1.165) is 23.5 Å². The number of hydrogen-bond acceptors (Lipinski definition) is 6. The highest BCUT2D eigenvalue weighted by Gasteiger charge is 2.56. The van der Waals surface area contributed by atoms with Gasteiger partial charge in [0, 0.05) is 24.3 Å². The first-order chi connectivity index (χ1) is 15.6. The van der Waals surface area contributed by atoms with Crippen molar-refractivity contribution in [1.82, 2.24) is 0 Å². The van der Waals surface area contributed by atoms with Crippen molar-refractivity contribution in [2.24, 2.45) is 5.41 Å². The summed E-state index contributed by atoms with van der Waals surface area (Å²) in [6.07, 6.45) is -9.63. The fourth-order valence-electron chi connectivity index (χ4n) is 3.64. The van der Waals surface area contributed by atoms with Crippen molar-refractivity contribution in [3.05, 3.63) is 36.4 Å². The first-order valence-electron chi connectivity index (χ1n) is 10.2. The van der Waals surface area contributed by atoms with Crippen LogP contribution in [0.4, 0.5) is 17.6 Å². The van der Waals surface area contributed by atoms with Gasteiger partial charge >= 0.3 is 18.5 Å². The second kappa shape index (κ2) is 9.12. The van der Waals surface area contributed by atoms with Crippen LogP contribution in [-0.4, -0.2) is 49.5 Å². The lowest BCUT2D eigenvalue weighted by molar-refractivity contribution is -0.253. The molecule has 12 heteroatoms. The predicted octanol–water partition coefficient (Wildman–Crippen LogP) is 5.47. The SMILES string of the molecule is CC(C)(C)C1CC(C(=O)O)(S(=O)(=O)c2ccc(-c3ccc(OC(F)(F)C(F)F)cc3)s2)CCO1. The van der Waals surface area contributed by atoms with Crippen LogP contribution in [-0.2, 0) is 19.4 Å². The molecule has 34 heavy (non-hydrogen) atoms. The third-order valence-electron chi connectivity index (χ3n) is 5.70. The maximum Gasteiger partial charge on any atom is 0.461 e. The predicted molar refractivity (Wildman–Crippen MR) is 117 cm³/mol. The van der Waals surface area contributed by atoms with E-state index in [1.807, 2.05) is 20.8 Å². The number of aliphatic carboxylic acids is 1. The molecule has 2 atom stereocenters. The lowest BCUT2D eigenvalue weighted by Gasteiger charge is -2.41. The van der Waals surface area contributed by atoms with Crippen molar-refractivity contribution >= 4 is 27.1 Å². The van der Waals surface area contributed by atoms with Gasteiger partial charge in [-0.2, -0.15) is 17.6 Å². The number of carboxylic acid groups (broad SMARTS) is 1. The molecule has 2 unspecified atom stereocenters. The Bertz CT molecular complexity index is 1140. The van der Waals surface area contributed by atoms with Gasteiger partial charge in [0.1, 0.15) is 9.96 Å². The van der Waals surface area contributed by atoms with Gasteiger partial charge in [-0.25, -0.2) is 8.42 Å². The number of ether oxygens (including phenoxy) is 2. The molecule has 1 aliphatic rings. The summed E-state index contributed by atoms with van der Waals surface area (Å²) in [5.41, 5.74) is -0.0505. The van der Waals surface area contributed by atoms with E-state index in [0.29, 0.717) is 10.4 Å². The van der Waals surface area contributed by atoms with Crippen molar-refractivity contribution in [2.75, 3.05) is 6.61 Å². The van der Waals surface area contributed by atoms with Gasteiger partial charge in [0.15, 0.2) is 4.75 Å². The third-order valence-corrected chi connectivity index (χ3v) is 9.78. The maximum absolute atomic E-state index is 13.5. The van der Waals surface area contributed by atoms with Crippen LogP contribution in [0.1, 0.15) is 33.6 Å². The van der Waals surface area contributed by atoms with Crippen LogP contribution in [0, 0.1) is 5.41 Å². The zero-order chi connectivity index (χ0) is 25.5. The molecular weight excluding hydrogens is 500 g/mol. The van der Waals surface area contributed by atoms with Crippen molar-refractivity contribution < 1.29 is 45.4 Å². The van der Waals surface area contributed by atoms with Crippen LogP contribution >= 0.6 is 11.3 Å². The zero-order valence-corrected chi connectivity index (χ0v) is 20.2. The average Bonchev–Trinajstić information content (AvgIpc) is 3.24. The third kappa shape index (κ3) is 4.94. The second-order valence-corrected chi connectivity index (χ2v) is 12.7. The topological polar surface area (TPSA) is 89.9 Å². The number of halogens is 4. The Morgan fingerprint density at radius 3 is 2.32 bits per heavy atom. The van der Waals surface area contributed by atoms with Crippen molar-refractivity contribution in [3.8, 4) is 16.2 Å². The van der Waals surface area contributed by atoms with Crippen molar-refractivity contribution in [1.29, 1.82) is 0 Å². The van der Waals surface area contributed by atoms with Crippen LogP contribution in [0.5, 0.6) is 5.75 Å². The summed E-state index contributed by atoms with van der Waals surface area (Å²) in [6.45, 7) is 5.51. The Kier molecular flexibility index (Phi) is 7.09. The lowest BCUT2D eigenvalue weighted by Crippen LogP contribution is -2.55. The number of carboxylic acids is 1. The Morgan fingerprint density at radius 1 is 1.18 bits per heavy atom. The van der Waals surface area contributed by atoms with Gasteiger partial charge in [0.2, 0.25) is 9.84 Å². The summed E-state index contributed by atoms with van der Waals surface area (Å²) in [6, 6.07) is 7.52. The summed E-state index contributed by atoms with van der Waals surface area (Å²) >= 11 is 0.834. The van der Waals surface area contributed by atoms with E-state index in [2.05, 4.69) is 4.74 Å². The molecule has 1 aliphatic heterocycles. The first-order valence-corrected chi connectivity index (χ1v) is 12.5. The fourth-order valence-corrected chi connectivity index (χ4v) is 7.15. The van der Waals surface area contributed by atoms with Crippen LogP contribution in [0.15, 0.2) is 40.6 Å². The second-order valence-electron chi connectivity index (χ2n) is 9.09. The number of hydrogen-bond donors (Lipinski definition) is 1. The summed E-state index contributed by atoms with van der Waals surface area (Å²) in [5, 5.41) is 10.00. The molecular formula is C22H24F4O6S2. The van der Waals surface area contributed by atoms with E-state index in [1.165, 1.54) is 24.3 Å². The Hall–Kier alpha value is -2.18. The van der Waals surface area contributed by atoms with Crippen LogP contribution < -0.4 is 4.74 Å².